The van der Waals surface area contributed by atoms with Crippen LogP contribution in [0.2, 0.25) is 0 Å². The molecule has 1 aliphatic rings. The number of rotatable bonds is 5. The Morgan fingerprint density at radius 3 is 1.50 bits per heavy atom. The van der Waals surface area contributed by atoms with E-state index in [2.05, 4.69) is 15.0 Å². The highest BCUT2D eigenvalue weighted by Crippen LogP contribution is 2.37. The zero-order chi connectivity index (χ0) is 59.2. The lowest BCUT2D eigenvalue weighted by atomic mass is 10.1. The summed E-state index contributed by atoms with van der Waals surface area (Å²) < 4.78 is 274. The maximum atomic E-state index is 10.6. The molecule has 0 amide bonds. The van der Waals surface area contributed by atoms with E-state index in [4.69, 9.17) is 27.4 Å². The molecule has 50 heavy (non-hydrogen) atoms. The maximum Gasteiger partial charge on any atom is 0.184 e. The van der Waals surface area contributed by atoms with Crippen LogP contribution < -0.4 is 20.7 Å². The number of hydrogen-bond donors (Lipinski definition) is 0. The van der Waals surface area contributed by atoms with Gasteiger partial charge in [-0.25, -0.2) is 15.0 Å². The van der Waals surface area contributed by atoms with E-state index < -0.39 is 272 Å². The molecule has 0 aliphatic carbocycles. The van der Waals surface area contributed by atoms with E-state index in [1.54, 1.807) is 0 Å². The molecule has 0 saturated heterocycles. The van der Waals surface area contributed by atoms with Gasteiger partial charge in [0.1, 0.15) is 0 Å². The molecule has 234 valence electrons. The fourth-order valence-corrected chi connectivity index (χ4v) is 10.3. The van der Waals surface area contributed by atoms with E-state index in [-0.39, 0.29) is 0 Å². The lowest BCUT2D eigenvalue weighted by molar-refractivity contribution is 1.07. The van der Waals surface area contributed by atoms with E-state index in [1.807, 2.05) is 0 Å². The van der Waals surface area contributed by atoms with Crippen LogP contribution in [0.5, 0.6) is 0 Å². The number of aromatic nitrogens is 4. The van der Waals surface area contributed by atoms with Crippen molar-refractivity contribution in [2.75, 3.05) is 0 Å². The molecule has 9 aromatic rings. The standard InChI is InChI=1S/C45H30N4Si/c1-5-17-31(18-6-1)43-46-44(32-19-7-2-8-20-32)48-45(47-43)33-29-37-36-25-13-14-26-38(36)49-39-27-15-16-28-40(39)50(41(30-33)42(37)49,34-21-9-3-10-22-34)35-23-11-4-12-24-35/h1-30H/i1D,2D,3D,4D,5D,6D,7D,8D,9D,10D,11D,12D,13D,14D,15D,16D,17D,18D,19D,20D,21D,22D,23D,24D,25D,26D,27D,28D,29D,30D. The Bertz CT molecular complexity index is 4170. The van der Waals surface area contributed by atoms with Crippen LogP contribution in [-0.2, 0) is 0 Å². The first-order valence-electron chi connectivity index (χ1n) is 29.5. The van der Waals surface area contributed by atoms with Gasteiger partial charge in [-0.15, -0.1) is 0 Å². The van der Waals surface area contributed by atoms with Gasteiger partial charge in [0.05, 0.1) is 52.2 Å². The molecule has 3 heterocycles. The van der Waals surface area contributed by atoms with Crippen molar-refractivity contribution in [3.63, 3.8) is 0 Å². The molecule has 0 atom stereocenters. The Hall–Kier alpha value is -6.43. The van der Waals surface area contributed by atoms with Gasteiger partial charge in [-0.2, -0.15) is 0 Å². The molecule has 2 aromatic heterocycles. The first kappa shape index (κ1) is 11.6. The normalized spacial score (nSPS) is 21.4. The SMILES string of the molecule is [2H]c1c([2H])c([2H])c(-c2nc(-c3c([2H])c([2H])c([2H])c([2H])c3[2H])nc(-c3c([2H])c4c5c(c3[2H])c3c([2H])c([2H])c([2H])c([2H])c3n5-c3c([2H])c([2H])c([2H])c([2H])c3[Si]4(c3c([2H])c([2H])c([2H])c([2H])c3[2H])c3c([2H])c([2H])c([2H])c([2H])c3[2H])n2)c([2H])c1[2H]. The van der Waals surface area contributed by atoms with Crippen LogP contribution in [-0.4, -0.2) is 27.6 Å². The summed E-state index contributed by atoms with van der Waals surface area (Å²) in [5.74, 6) is -2.92. The number of fused-ring (bicyclic) bond motifs is 5. The molecular formula is C45H30N4Si. The Balaban J connectivity index is 1.62. The second-order valence-corrected chi connectivity index (χ2v) is 14.1. The van der Waals surface area contributed by atoms with E-state index in [1.165, 1.54) is 0 Å². The summed E-state index contributed by atoms with van der Waals surface area (Å²) in [5, 5.41) is -5.12. The zero-order valence-electron chi connectivity index (χ0n) is 54.8. The number of para-hydroxylation sites is 2. The molecule has 0 fully saturated rings. The minimum Gasteiger partial charge on any atom is -0.309 e. The second kappa shape index (κ2) is 11.3. The predicted molar refractivity (Wildman–Crippen MR) is 208 cm³/mol. The van der Waals surface area contributed by atoms with Gasteiger partial charge < -0.3 is 4.57 Å². The molecule has 0 bridgehead atoms. The first-order valence-corrected chi connectivity index (χ1v) is 16.5. The smallest absolute Gasteiger partial charge is 0.184 e. The lowest BCUT2D eigenvalue weighted by Gasteiger charge is -2.40. The van der Waals surface area contributed by atoms with Crippen molar-refractivity contribution in [1.29, 1.82) is 0 Å². The van der Waals surface area contributed by atoms with Crippen molar-refractivity contribution in [3.05, 3.63) is 181 Å². The first-order chi connectivity index (χ1) is 37.3. The van der Waals surface area contributed by atoms with Gasteiger partial charge in [0, 0.05) is 33.2 Å². The van der Waals surface area contributed by atoms with Crippen molar-refractivity contribution in [2.24, 2.45) is 0 Å². The van der Waals surface area contributed by atoms with Gasteiger partial charge in [-0.05, 0) is 44.9 Å². The van der Waals surface area contributed by atoms with Crippen LogP contribution in [0.15, 0.2) is 181 Å². The van der Waals surface area contributed by atoms with Crippen molar-refractivity contribution in [2.45, 2.75) is 0 Å². The van der Waals surface area contributed by atoms with Crippen LogP contribution in [0.3, 0.4) is 0 Å². The molecule has 0 N–H and O–H groups in total. The third-order valence-corrected chi connectivity index (χ3v) is 12.3. The number of hydrogen-bond acceptors (Lipinski definition) is 3. The average molecular weight is 685 g/mol. The van der Waals surface area contributed by atoms with Gasteiger partial charge in [0.2, 0.25) is 0 Å². The monoisotopic (exact) mass is 684 g/mol. The predicted octanol–water partition coefficient (Wildman–Crippen LogP) is 7.66. The maximum absolute atomic E-state index is 10.6. The Kier molecular flexibility index (Phi) is 2.62. The Labute approximate surface area is 333 Å². The summed E-state index contributed by atoms with van der Waals surface area (Å²) in [6.45, 7) is 0. The number of nitrogens with zero attached hydrogens (tertiary/aromatic N) is 4. The molecule has 10 rings (SSSR count). The van der Waals surface area contributed by atoms with Crippen molar-refractivity contribution in [3.8, 4) is 39.9 Å². The summed E-state index contributed by atoms with van der Waals surface area (Å²) in [5.41, 5.74) is -4.82. The zero-order valence-corrected chi connectivity index (χ0v) is 25.8. The fourth-order valence-electron chi connectivity index (χ4n) is 6.11. The lowest BCUT2D eigenvalue weighted by Crippen LogP contribution is -2.76. The van der Waals surface area contributed by atoms with Crippen LogP contribution in [0.4, 0.5) is 0 Å². The van der Waals surface area contributed by atoms with Gasteiger partial charge in [0.15, 0.2) is 25.5 Å². The largest absolute Gasteiger partial charge is 0.309 e. The van der Waals surface area contributed by atoms with E-state index in [0.717, 1.165) is 4.57 Å². The van der Waals surface area contributed by atoms with E-state index in [9.17, 15) is 13.7 Å². The third-order valence-electron chi connectivity index (χ3n) is 8.04. The topological polar surface area (TPSA) is 43.6 Å². The summed E-state index contributed by atoms with van der Waals surface area (Å²) >= 11 is 0. The molecule has 0 unspecified atom stereocenters. The van der Waals surface area contributed by atoms with Crippen molar-refractivity contribution < 1.29 is 41.1 Å². The highest BCUT2D eigenvalue weighted by atomic mass is 28.3. The van der Waals surface area contributed by atoms with Gasteiger partial charge in [-0.3, -0.25) is 0 Å². The fraction of sp³-hybridized carbons (Fsp3) is 0. The van der Waals surface area contributed by atoms with Crippen molar-refractivity contribution in [1.82, 2.24) is 19.5 Å². The van der Waals surface area contributed by atoms with Gasteiger partial charge in [-0.1, -0.05) is 157 Å². The van der Waals surface area contributed by atoms with Crippen LogP contribution >= 0.6 is 0 Å². The van der Waals surface area contributed by atoms with Gasteiger partial charge in [0.25, 0.3) is 0 Å². The van der Waals surface area contributed by atoms with Crippen molar-refractivity contribution >= 4 is 50.6 Å². The van der Waals surface area contributed by atoms with E-state index in [0.29, 0.717) is 0 Å². The highest BCUT2D eigenvalue weighted by molar-refractivity contribution is 7.21. The van der Waals surface area contributed by atoms with Crippen LogP contribution in [0.1, 0.15) is 41.1 Å². The molecule has 5 heteroatoms. The molecule has 0 spiro atoms. The van der Waals surface area contributed by atoms with Crippen LogP contribution in [0, 0.1) is 0 Å². The number of benzene rings is 7. The Morgan fingerprint density at radius 1 is 0.420 bits per heavy atom. The molecule has 0 saturated carbocycles. The van der Waals surface area contributed by atoms with Gasteiger partial charge >= 0.3 is 0 Å². The Morgan fingerprint density at radius 2 is 0.900 bits per heavy atom. The summed E-state index contributed by atoms with van der Waals surface area (Å²) in [6.07, 6.45) is 0. The van der Waals surface area contributed by atoms with Crippen LogP contribution in [0.25, 0.3) is 61.7 Å². The quantitative estimate of drug-likeness (QED) is 0.175. The molecule has 1 aliphatic heterocycles. The summed E-state index contributed by atoms with van der Waals surface area (Å²) in [7, 11) is -6.22. The third kappa shape index (κ3) is 4.20. The molecule has 0 radical (unpaired) electrons. The molecular weight excluding hydrogens is 625 g/mol. The summed E-state index contributed by atoms with van der Waals surface area (Å²) in [6, 6.07) is -31.5. The highest BCUT2D eigenvalue weighted by Gasteiger charge is 2.48. The van der Waals surface area contributed by atoms with E-state index >= 15 is 0 Å². The molecule has 4 nitrogen and oxygen atoms in total. The second-order valence-electron chi connectivity index (χ2n) is 10.6. The summed E-state index contributed by atoms with van der Waals surface area (Å²) in [4.78, 5) is 13.1. The molecule has 7 aromatic carbocycles. The average Bonchev–Trinajstić information content (AvgIpc) is 3.78. The minimum atomic E-state index is -6.22. The minimum absolute atomic E-state index is 0.658.